The molecule has 13 heavy (non-hydrogen) atoms. The third kappa shape index (κ3) is 8.28. The highest BCUT2D eigenvalue weighted by molar-refractivity contribution is 14.1. The fraction of sp³-hybridized carbons (Fsp3) is 0.500. The molecule has 0 amide bonds. The van der Waals surface area contributed by atoms with Crippen LogP contribution in [-0.4, -0.2) is 0 Å². The van der Waals surface area contributed by atoms with Gasteiger partial charge >= 0.3 is 0 Å². The average Bonchev–Trinajstić information content (AvgIpc) is 2.05. The van der Waals surface area contributed by atoms with Crippen molar-refractivity contribution in [3.05, 3.63) is 34.5 Å². The van der Waals surface area contributed by atoms with Crippen molar-refractivity contribution in [2.75, 3.05) is 0 Å². The predicted molar refractivity (Wildman–Crippen MR) is 70.1 cm³/mol. The average molecular weight is 290 g/mol. The Morgan fingerprint density at radius 1 is 1.46 bits per heavy atom. The Labute approximate surface area is 95.9 Å². The van der Waals surface area contributed by atoms with Gasteiger partial charge in [0, 0.05) is 0 Å². The first-order valence-electron chi connectivity index (χ1n) is 4.74. The molecule has 74 valence electrons. The third-order valence-corrected chi connectivity index (χ3v) is 2.32. The molecule has 0 unspecified atom stereocenters. The van der Waals surface area contributed by atoms with E-state index in [4.69, 9.17) is 0 Å². The molecular weight excluding hydrogens is 271 g/mol. The van der Waals surface area contributed by atoms with E-state index in [1.165, 1.54) is 12.0 Å². The molecule has 0 radical (unpaired) electrons. The van der Waals surface area contributed by atoms with Crippen LogP contribution >= 0.6 is 22.6 Å². The second-order valence-corrected chi connectivity index (χ2v) is 4.14. The van der Waals surface area contributed by atoms with Crippen molar-refractivity contribution in [3.63, 3.8) is 0 Å². The van der Waals surface area contributed by atoms with Crippen LogP contribution in [0.15, 0.2) is 34.5 Å². The summed E-state index contributed by atoms with van der Waals surface area (Å²) in [5, 5.41) is 0. The summed E-state index contributed by atoms with van der Waals surface area (Å²) in [4.78, 5) is 0. The third-order valence-electron chi connectivity index (χ3n) is 1.91. The van der Waals surface area contributed by atoms with E-state index in [1.807, 2.05) is 6.08 Å². The fourth-order valence-electron chi connectivity index (χ4n) is 1.23. The Hall–Kier alpha value is -0.0500. The Morgan fingerprint density at radius 2 is 2.15 bits per heavy atom. The largest absolute Gasteiger partial charge is 0.103 e. The van der Waals surface area contributed by atoms with Gasteiger partial charge < -0.3 is 0 Å². The summed E-state index contributed by atoms with van der Waals surface area (Å²) in [5.74, 6) is 0.664. The highest BCUT2D eigenvalue weighted by Gasteiger charge is 1.97. The van der Waals surface area contributed by atoms with Crippen LogP contribution in [0.4, 0.5) is 0 Å². The minimum absolute atomic E-state index is 0.664. The van der Waals surface area contributed by atoms with Gasteiger partial charge in [-0.05, 0) is 36.2 Å². The van der Waals surface area contributed by atoms with E-state index in [-0.39, 0.29) is 0 Å². The van der Waals surface area contributed by atoms with Gasteiger partial charge in [0.25, 0.3) is 0 Å². The predicted octanol–water partition coefficient (Wildman–Crippen LogP) is 4.87. The minimum Gasteiger partial charge on any atom is -0.103 e. The number of halogens is 1. The molecule has 0 N–H and O–H groups in total. The van der Waals surface area contributed by atoms with Crippen LogP contribution in [-0.2, 0) is 0 Å². The number of hydrogen-bond acceptors (Lipinski definition) is 0. The van der Waals surface area contributed by atoms with E-state index in [1.54, 1.807) is 0 Å². The molecule has 0 heterocycles. The van der Waals surface area contributed by atoms with Crippen molar-refractivity contribution >= 4 is 22.6 Å². The van der Waals surface area contributed by atoms with Gasteiger partial charge in [-0.25, -0.2) is 0 Å². The van der Waals surface area contributed by atoms with E-state index in [9.17, 15) is 0 Å². The van der Waals surface area contributed by atoms with Gasteiger partial charge in [0.2, 0.25) is 0 Å². The summed E-state index contributed by atoms with van der Waals surface area (Å²) in [6.45, 7) is 8.17. The Bertz CT molecular complexity index is 189. The zero-order chi connectivity index (χ0) is 10.1. The van der Waals surface area contributed by atoms with Gasteiger partial charge in [-0.3, -0.25) is 0 Å². The highest BCUT2D eigenvalue weighted by atomic mass is 127. The smallest absolute Gasteiger partial charge is 0.0217 e. The zero-order valence-electron chi connectivity index (χ0n) is 8.59. The topological polar surface area (TPSA) is 0 Å². The molecule has 0 rings (SSSR count). The molecule has 0 nitrogen and oxygen atoms in total. The van der Waals surface area contributed by atoms with Crippen molar-refractivity contribution in [2.45, 2.75) is 33.1 Å². The van der Waals surface area contributed by atoms with E-state index in [2.05, 4.69) is 59.3 Å². The summed E-state index contributed by atoms with van der Waals surface area (Å²) < 4.78 is 2.10. The van der Waals surface area contributed by atoms with Gasteiger partial charge in [0.15, 0.2) is 0 Å². The standard InChI is InChI=1S/C12H19I/c1-4-5-6-7-11(2)10-12(3)8-9-13/h4,7-9,12H,1,5-6,10H2,2-3H3/b9-8+,11-7+/t12-/m1/s1. The first-order chi connectivity index (χ1) is 6.20. The second kappa shape index (κ2) is 8.54. The quantitative estimate of drug-likeness (QED) is 0.372. The molecule has 0 bridgehead atoms. The van der Waals surface area contributed by atoms with Crippen molar-refractivity contribution in [1.29, 1.82) is 0 Å². The molecular formula is C12H19I. The van der Waals surface area contributed by atoms with Crippen LogP contribution in [0.1, 0.15) is 33.1 Å². The summed E-state index contributed by atoms with van der Waals surface area (Å²) in [5.41, 5.74) is 1.49. The highest BCUT2D eigenvalue weighted by Crippen LogP contribution is 2.13. The molecule has 0 aromatic rings. The van der Waals surface area contributed by atoms with Crippen LogP contribution in [0.3, 0.4) is 0 Å². The summed E-state index contributed by atoms with van der Waals surface area (Å²) in [6.07, 6.45) is 9.93. The molecule has 0 spiro atoms. The first-order valence-corrected chi connectivity index (χ1v) is 5.98. The number of allylic oxidation sites excluding steroid dienone is 4. The lowest BCUT2D eigenvalue weighted by Crippen LogP contribution is -1.90. The molecule has 1 heteroatoms. The molecule has 0 fully saturated rings. The lowest BCUT2D eigenvalue weighted by molar-refractivity contribution is 0.714. The maximum absolute atomic E-state index is 3.71. The molecule has 0 aromatic carbocycles. The first kappa shape index (κ1) is 12.9. The monoisotopic (exact) mass is 290 g/mol. The lowest BCUT2D eigenvalue weighted by Gasteiger charge is -2.05. The van der Waals surface area contributed by atoms with Gasteiger partial charge in [0.1, 0.15) is 0 Å². The van der Waals surface area contributed by atoms with E-state index < -0.39 is 0 Å². The normalized spacial score (nSPS) is 14.8. The maximum atomic E-state index is 3.71. The molecule has 0 aliphatic carbocycles. The summed E-state index contributed by atoms with van der Waals surface area (Å²) >= 11 is 2.27. The lowest BCUT2D eigenvalue weighted by atomic mass is 10.0. The van der Waals surface area contributed by atoms with E-state index in [0.717, 1.165) is 12.8 Å². The molecule has 1 atom stereocenters. The van der Waals surface area contributed by atoms with Gasteiger partial charge in [-0.15, -0.1) is 6.58 Å². The fourth-order valence-corrected chi connectivity index (χ4v) is 1.94. The molecule has 0 saturated carbocycles. The van der Waals surface area contributed by atoms with Crippen molar-refractivity contribution < 1.29 is 0 Å². The van der Waals surface area contributed by atoms with Gasteiger partial charge in [0.05, 0.1) is 0 Å². The van der Waals surface area contributed by atoms with Gasteiger partial charge in [-0.1, -0.05) is 53.3 Å². The SMILES string of the molecule is C=CCC/C=C(\C)C[C@H](C)/C=C/I. The van der Waals surface area contributed by atoms with Crippen molar-refractivity contribution in [1.82, 2.24) is 0 Å². The molecule has 0 aromatic heterocycles. The minimum atomic E-state index is 0.664. The summed E-state index contributed by atoms with van der Waals surface area (Å²) in [7, 11) is 0. The van der Waals surface area contributed by atoms with Crippen LogP contribution in [0.5, 0.6) is 0 Å². The van der Waals surface area contributed by atoms with Crippen LogP contribution in [0.25, 0.3) is 0 Å². The number of rotatable bonds is 6. The van der Waals surface area contributed by atoms with Crippen LogP contribution < -0.4 is 0 Å². The van der Waals surface area contributed by atoms with Crippen molar-refractivity contribution in [2.24, 2.45) is 5.92 Å². The summed E-state index contributed by atoms with van der Waals surface area (Å²) in [6, 6.07) is 0. The van der Waals surface area contributed by atoms with Crippen LogP contribution in [0.2, 0.25) is 0 Å². The Kier molecular flexibility index (Phi) is 8.51. The van der Waals surface area contributed by atoms with E-state index in [0.29, 0.717) is 5.92 Å². The Balaban J connectivity index is 3.76. The van der Waals surface area contributed by atoms with Crippen LogP contribution in [0, 0.1) is 5.92 Å². The van der Waals surface area contributed by atoms with Crippen molar-refractivity contribution in [3.8, 4) is 0 Å². The Morgan fingerprint density at radius 3 is 2.69 bits per heavy atom. The molecule has 0 saturated heterocycles. The number of unbranched alkanes of at least 4 members (excludes halogenated alkanes) is 1. The number of hydrogen-bond donors (Lipinski definition) is 0. The molecule has 0 aliphatic rings. The molecule has 0 aliphatic heterocycles. The van der Waals surface area contributed by atoms with Gasteiger partial charge in [-0.2, -0.15) is 0 Å². The van der Waals surface area contributed by atoms with E-state index >= 15 is 0 Å². The maximum Gasteiger partial charge on any atom is -0.0217 e. The zero-order valence-corrected chi connectivity index (χ0v) is 10.8. The second-order valence-electron chi connectivity index (χ2n) is 3.42.